The number of benzene rings is 1. The third-order valence-corrected chi connectivity index (χ3v) is 3.58. The molecule has 0 spiro atoms. The van der Waals surface area contributed by atoms with Crippen molar-refractivity contribution in [3.05, 3.63) is 33.5 Å². The summed E-state index contributed by atoms with van der Waals surface area (Å²) in [5, 5.41) is 0. The van der Waals surface area contributed by atoms with Gasteiger partial charge in [0.1, 0.15) is 11.5 Å². The first-order valence-corrected chi connectivity index (χ1v) is 6.52. The van der Waals surface area contributed by atoms with Gasteiger partial charge < -0.3 is 9.47 Å². The number of ether oxygens (including phenoxy) is 2. The van der Waals surface area contributed by atoms with E-state index in [4.69, 9.17) is 9.47 Å². The zero-order chi connectivity index (χ0) is 13.3. The third kappa shape index (κ3) is 2.17. The molecule has 0 amide bonds. The van der Waals surface area contributed by atoms with E-state index in [-0.39, 0.29) is 5.78 Å². The molecular weight excluding hydrogens is 296 g/mol. The summed E-state index contributed by atoms with van der Waals surface area (Å²) < 4.78 is 11.6. The van der Waals surface area contributed by atoms with Gasteiger partial charge in [0.05, 0.1) is 19.8 Å². The average molecular weight is 311 g/mol. The molecule has 1 aliphatic rings. The highest BCUT2D eigenvalue weighted by Gasteiger charge is 2.28. The van der Waals surface area contributed by atoms with Gasteiger partial charge in [-0.15, -0.1) is 0 Å². The molecular formula is C14H15BrO3. The molecule has 2 rings (SSSR count). The van der Waals surface area contributed by atoms with Crippen LogP contribution in [-0.4, -0.2) is 20.0 Å². The number of methoxy groups -OCH3 is 2. The van der Waals surface area contributed by atoms with E-state index in [2.05, 4.69) is 15.9 Å². The highest BCUT2D eigenvalue weighted by molar-refractivity contribution is 9.10. The maximum Gasteiger partial charge on any atom is 0.167 e. The van der Waals surface area contributed by atoms with E-state index in [9.17, 15) is 4.79 Å². The van der Waals surface area contributed by atoms with Gasteiger partial charge in [0.25, 0.3) is 0 Å². The van der Waals surface area contributed by atoms with E-state index in [1.807, 2.05) is 19.1 Å². The number of hydrogen-bond acceptors (Lipinski definition) is 3. The van der Waals surface area contributed by atoms with Crippen LogP contribution < -0.4 is 4.74 Å². The van der Waals surface area contributed by atoms with Crippen LogP contribution in [0.1, 0.15) is 24.0 Å². The van der Waals surface area contributed by atoms with Crippen molar-refractivity contribution in [1.29, 1.82) is 0 Å². The first-order chi connectivity index (χ1) is 8.58. The number of hydrogen-bond donors (Lipinski definition) is 0. The number of Topliss-reactive ketones (excluding diaryl/α,β-unsaturated/α-hetero) is 1. The summed E-state index contributed by atoms with van der Waals surface area (Å²) in [6, 6.07) is 3.85. The molecule has 4 heteroatoms. The second-order valence-corrected chi connectivity index (χ2v) is 5.14. The Bertz CT molecular complexity index is 532. The lowest BCUT2D eigenvalue weighted by atomic mass is 9.98. The minimum absolute atomic E-state index is 0.121. The van der Waals surface area contributed by atoms with Crippen LogP contribution >= 0.6 is 15.9 Å². The molecule has 0 radical (unpaired) electrons. The molecule has 18 heavy (non-hydrogen) atoms. The van der Waals surface area contributed by atoms with Gasteiger partial charge in [-0.05, 0) is 24.6 Å². The SMILES string of the molecule is COC1=C(c2c(C)cc(Br)cc2OC)C(=O)CC1. The van der Waals surface area contributed by atoms with Crippen LogP contribution in [0.25, 0.3) is 5.57 Å². The van der Waals surface area contributed by atoms with Crippen LogP contribution in [0.2, 0.25) is 0 Å². The van der Waals surface area contributed by atoms with Crippen molar-refractivity contribution < 1.29 is 14.3 Å². The molecule has 0 fully saturated rings. The molecule has 96 valence electrons. The van der Waals surface area contributed by atoms with Gasteiger partial charge in [-0.25, -0.2) is 0 Å². The minimum Gasteiger partial charge on any atom is -0.500 e. The summed E-state index contributed by atoms with van der Waals surface area (Å²) in [4.78, 5) is 12.0. The topological polar surface area (TPSA) is 35.5 Å². The number of carbonyl (C=O) groups is 1. The smallest absolute Gasteiger partial charge is 0.167 e. The second kappa shape index (κ2) is 5.14. The molecule has 0 saturated carbocycles. The van der Waals surface area contributed by atoms with Crippen LogP contribution in [0.15, 0.2) is 22.4 Å². The van der Waals surface area contributed by atoms with Gasteiger partial charge in [-0.1, -0.05) is 15.9 Å². The van der Waals surface area contributed by atoms with E-state index in [1.54, 1.807) is 14.2 Å². The molecule has 1 aliphatic carbocycles. The van der Waals surface area contributed by atoms with Gasteiger partial charge in [0.15, 0.2) is 5.78 Å². The standard InChI is InChI=1S/C14H15BrO3/c1-8-6-9(15)7-12(18-3)13(8)14-10(16)4-5-11(14)17-2/h6-7H,4-5H2,1-3H3. The molecule has 0 saturated heterocycles. The molecule has 0 aliphatic heterocycles. The van der Waals surface area contributed by atoms with E-state index in [1.165, 1.54) is 0 Å². The van der Waals surface area contributed by atoms with Crippen LogP contribution in [0.4, 0.5) is 0 Å². The highest BCUT2D eigenvalue weighted by atomic mass is 79.9. The Hall–Kier alpha value is -1.29. The third-order valence-electron chi connectivity index (χ3n) is 3.12. The molecule has 0 atom stereocenters. The Kier molecular flexibility index (Phi) is 3.76. The van der Waals surface area contributed by atoms with Crippen molar-refractivity contribution in [2.45, 2.75) is 19.8 Å². The maximum absolute atomic E-state index is 12.0. The lowest BCUT2D eigenvalue weighted by molar-refractivity contribution is -0.113. The van der Waals surface area contributed by atoms with Gasteiger partial charge in [0, 0.05) is 22.9 Å². The number of aryl methyl sites for hydroxylation is 1. The molecule has 0 unspecified atom stereocenters. The minimum atomic E-state index is 0.121. The van der Waals surface area contributed by atoms with Gasteiger partial charge in [0.2, 0.25) is 0 Å². The second-order valence-electron chi connectivity index (χ2n) is 4.23. The monoisotopic (exact) mass is 310 g/mol. The fourth-order valence-corrected chi connectivity index (χ4v) is 2.86. The lowest BCUT2D eigenvalue weighted by Crippen LogP contribution is -2.02. The maximum atomic E-state index is 12.0. The van der Waals surface area contributed by atoms with Crippen molar-refractivity contribution in [1.82, 2.24) is 0 Å². The Labute approximate surface area is 115 Å². The summed E-state index contributed by atoms with van der Waals surface area (Å²) >= 11 is 3.43. The predicted molar refractivity (Wildman–Crippen MR) is 73.6 cm³/mol. The van der Waals surface area contributed by atoms with E-state index >= 15 is 0 Å². The number of carbonyl (C=O) groups excluding carboxylic acids is 1. The van der Waals surface area contributed by atoms with Crippen LogP contribution in [0.5, 0.6) is 5.75 Å². The Morgan fingerprint density at radius 2 is 1.89 bits per heavy atom. The van der Waals surface area contributed by atoms with Crippen molar-refractivity contribution in [2.75, 3.05) is 14.2 Å². The number of halogens is 1. The number of ketones is 1. The first-order valence-electron chi connectivity index (χ1n) is 5.73. The lowest BCUT2D eigenvalue weighted by Gasteiger charge is -2.14. The molecule has 1 aromatic rings. The van der Waals surface area contributed by atoms with Crippen molar-refractivity contribution in [3.63, 3.8) is 0 Å². The van der Waals surface area contributed by atoms with Crippen molar-refractivity contribution in [3.8, 4) is 5.75 Å². The molecule has 3 nitrogen and oxygen atoms in total. The fraction of sp³-hybridized carbons (Fsp3) is 0.357. The summed E-state index contributed by atoms with van der Waals surface area (Å²) in [6.45, 7) is 1.97. The summed E-state index contributed by atoms with van der Waals surface area (Å²) in [5.74, 6) is 1.57. The summed E-state index contributed by atoms with van der Waals surface area (Å²) in [5.41, 5.74) is 2.51. The quantitative estimate of drug-likeness (QED) is 0.857. The zero-order valence-electron chi connectivity index (χ0n) is 10.7. The normalized spacial score (nSPS) is 15.2. The zero-order valence-corrected chi connectivity index (χ0v) is 12.3. The van der Waals surface area contributed by atoms with E-state index in [0.29, 0.717) is 24.2 Å². The Balaban J connectivity index is 2.67. The van der Waals surface area contributed by atoms with Crippen LogP contribution in [-0.2, 0) is 9.53 Å². The number of allylic oxidation sites excluding steroid dienone is 2. The first kappa shape index (κ1) is 13.1. The Morgan fingerprint density at radius 3 is 2.50 bits per heavy atom. The largest absolute Gasteiger partial charge is 0.500 e. The van der Waals surface area contributed by atoms with Gasteiger partial charge >= 0.3 is 0 Å². The highest BCUT2D eigenvalue weighted by Crippen LogP contribution is 2.39. The molecule has 0 N–H and O–H groups in total. The Morgan fingerprint density at radius 1 is 1.17 bits per heavy atom. The average Bonchev–Trinajstić information content (AvgIpc) is 2.69. The summed E-state index contributed by atoms with van der Waals surface area (Å²) in [7, 11) is 3.21. The predicted octanol–water partition coefficient (Wildman–Crippen LogP) is 3.49. The van der Waals surface area contributed by atoms with Crippen molar-refractivity contribution >= 4 is 27.3 Å². The molecule has 0 bridgehead atoms. The summed E-state index contributed by atoms with van der Waals surface area (Å²) in [6.07, 6.45) is 1.18. The van der Waals surface area contributed by atoms with Gasteiger partial charge in [-0.3, -0.25) is 4.79 Å². The van der Waals surface area contributed by atoms with Crippen LogP contribution in [0.3, 0.4) is 0 Å². The van der Waals surface area contributed by atoms with Crippen LogP contribution in [0, 0.1) is 6.92 Å². The van der Waals surface area contributed by atoms with Crippen molar-refractivity contribution in [2.24, 2.45) is 0 Å². The molecule has 1 aromatic carbocycles. The van der Waals surface area contributed by atoms with E-state index in [0.717, 1.165) is 21.4 Å². The van der Waals surface area contributed by atoms with Gasteiger partial charge in [-0.2, -0.15) is 0 Å². The molecule has 0 aromatic heterocycles. The number of rotatable bonds is 3. The fourth-order valence-electron chi connectivity index (χ4n) is 2.31. The van der Waals surface area contributed by atoms with E-state index < -0.39 is 0 Å². The molecule has 0 heterocycles.